The van der Waals surface area contributed by atoms with E-state index in [1.807, 2.05) is 18.2 Å². The first-order chi connectivity index (χ1) is 29.7. The lowest BCUT2D eigenvalue weighted by Crippen LogP contribution is -2.07. The summed E-state index contributed by atoms with van der Waals surface area (Å²) in [6, 6.07) is 69.1. The van der Waals surface area contributed by atoms with Gasteiger partial charge in [-0.25, -0.2) is 4.98 Å². The molecule has 0 saturated carbocycles. The van der Waals surface area contributed by atoms with Crippen LogP contribution in [0.4, 0.5) is 0 Å². The maximum absolute atomic E-state index is 5.40. The van der Waals surface area contributed by atoms with E-state index in [0.29, 0.717) is 17.6 Å². The molecule has 0 fully saturated rings. The molecule has 5 nitrogen and oxygen atoms in total. The Balaban J connectivity index is 1.12. The van der Waals surface area contributed by atoms with Gasteiger partial charge in [-0.1, -0.05) is 171 Å². The van der Waals surface area contributed by atoms with Crippen molar-refractivity contribution in [1.29, 1.82) is 0 Å². The molecule has 3 aromatic heterocycles. The van der Waals surface area contributed by atoms with Crippen LogP contribution in [0, 0.1) is 0 Å². The van der Waals surface area contributed by atoms with E-state index < -0.39 is 0 Å². The number of aromatic nitrogens is 5. The molecular formula is C55H41N5. The van der Waals surface area contributed by atoms with Crippen molar-refractivity contribution in [3.63, 3.8) is 0 Å². The summed E-state index contributed by atoms with van der Waals surface area (Å²) >= 11 is 0. The van der Waals surface area contributed by atoms with Crippen LogP contribution in [0.1, 0.15) is 25.3 Å². The summed E-state index contributed by atoms with van der Waals surface area (Å²) in [5.41, 5.74) is 13.3. The molecule has 11 rings (SSSR count). The number of aryl methyl sites for hydroxylation is 1. The van der Waals surface area contributed by atoms with Crippen LogP contribution < -0.4 is 0 Å². The maximum Gasteiger partial charge on any atom is 0.238 e. The summed E-state index contributed by atoms with van der Waals surface area (Å²) in [5, 5.41) is 4.64. The van der Waals surface area contributed by atoms with E-state index in [1.165, 1.54) is 40.3 Å². The van der Waals surface area contributed by atoms with Gasteiger partial charge in [-0.05, 0) is 77.1 Å². The highest BCUT2D eigenvalue weighted by Crippen LogP contribution is 2.41. The van der Waals surface area contributed by atoms with Gasteiger partial charge in [0.2, 0.25) is 5.95 Å². The zero-order valence-electron chi connectivity index (χ0n) is 33.3. The predicted octanol–water partition coefficient (Wildman–Crippen LogP) is 14.1. The molecule has 0 bridgehead atoms. The third-order valence-corrected chi connectivity index (χ3v) is 11.8. The number of para-hydroxylation sites is 3. The zero-order chi connectivity index (χ0) is 40.0. The summed E-state index contributed by atoms with van der Waals surface area (Å²) in [6.45, 7) is 2.24. The highest BCUT2D eigenvalue weighted by atomic mass is 15.2. The van der Waals surface area contributed by atoms with Crippen LogP contribution in [0.2, 0.25) is 0 Å². The number of hydrogen-bond acceptors (Lipinski definition) is 3. The van der Waals surface area contributed by atoms with Crippen molar-refractivity contribution in [2.45, 2.75) is 26.2 Å². The summed E-state index contributed by atoms with van der Waals surface area (Å²) in [7, 11) is 0. The van der Waals surface area contributed by atoms with Gasteiger partial charge in [0.1, 0.15) is 0 Å². The molecule has 0 unspecified atom stereocenters. The lowest BCUT2D eigenvalue weighted by atomic mass is 9.97. The Morgan fingerprint density at radius 3 is 1.53 bits per heavy atom. The minimum Gasteiger partial charge on any atom is -0.307 e. The number of unbranched alkanes of at least 4 members (excludes halogenated alkanes) is 1. The molecule has 0 aliphatic carbocycles. The first-order valence-electron chi connectivity index (χ1n) is 20.8. The van der Waals surface area contributed by atoms with E-state index in [1.54, 1.807) is 0 Å². The summed E-state index contributed by atoms with van der Waals surface area (Å²) < 4.78 is 4.64. The van der Waals surface area contributed by atoms with Gasteiger partial charge in [-0.15, -0.1) is 0 Å². The number of benzene rings is 8. The van der Waals surface area contributed by atoms with Gasteiger partial charge in [-0.3, -0.25) is 4.57 Å². The van der Waals surface area contributed by atoms with Gasteiger partial charge in [0.15, 0.2) is 11.6 Å². The first-order valence-corrected chi connectivity index (χ1v) is 20.8. The van der Waals surface area contributed by atoms with E-state index in [4.69, 9.17) is 15.0 Å². The van der Waals surface area contributed by atoms with Crippen molar-refractivity contribution in [2.24, 2.45) is 0 Å². The lowest BCUT2D eigenvalue weighted by molar-refractivity contribution is 0.795. The maximum atomic E-state index is 5.40. The van der Waals surface area contributed by atoms with Crippen molar-refractivity contribution in [2.75, 3.05) is 0 Å². The molecule has 5 heteroatoms. The fourth-order valence-electron chi connectivity index (χ4n) is 8.82. The summed E-state index contributed by atoms with van der Waals surface area (Å²) in [5.74, 6) is 1.80. The van der Waals surface area contributed by atoms with Gasteiger partial charge in [-0.2, -0.15) is 9.97 Å². The van der Waals surface area contributed by atoms with Crippen LogP contribution in [0.5, 0.6) is 0 Å². The fourth-order valence-corrected chi connectivity index (χ4v) is 8.82. The smallest absolute Gasteiger partial charge is 0.238 e. The molecular weight excluding hydrogens is 731 g/mol. The Kier molecular flexibility index (Phi) is 8.85. The Labute approximate surface area is 348 Å². The van der Waals surface area contributed by atoms with Crippen LogP contribution in [-0.4, -0.2) is 24.1 Å². The van der Waals surface area contributed by atoms with E-state index in [-0.39, 0.29) is 0 Å². The van der Waals surface area contributed by atoms with E-state index in [0.717, 1.165) is 67.2 Å². The highest BCUT2D eigenvalue weighted by Gasteiger charge is 2.23. The average molecular weight is 772 g/mol. The Bertz CT molecular complexity index is 3340. The normalized spacial score (nSPS) is 11.6. The molecule has 0 N–H and O–H groups in total. The highest BCUT2D eigenvalue weighted by molar-refractivity contribution is 6.23. The average Bonchev–Trinajstić information content (AvgIpc) is 3.85. The molecule has 0 aliphatic rings. The van der Waals surface area contributed by atoms with Crippen LogP contribution in [0.25, 0.3) is 100 Å². The molecule has 8 aromatic carbocycles. The largest absolute Gasteiger partial charge is 0.307 e. The zero-order valence-corrected chi connectivity index (χ0v) is 33.3. The van der Waals surface area contributed by atoms with Crippen molar-refractivity contribution in [1.82, 2.24) is 24.1 Å². The van der Waals surface area contributed by atoms with Crippen molar-refractivity contribution >= 4 is 43.6 Å². The predicted molar refractivity (Wildman–Crippen MR) is 249 cm³/mol. The monoisotopic (exact) mass is 771 g/mol. The number of hydrogen-bond donors (Lipinski definition) is 0. The molecule has 0 amide bonds. The molecule has 0 spiro atoms. The van der Waals surface area contributed by atoms with Crippen LogP contribution in [0.15, 0.2) is 194 Å². The number of rotatable bonds is 9. The Morgan fingerprint density at radius 2 is 0.883 bits per heavy atom. The van der Waals surface area contributed by atoms with Gasteiger partial charge in [0.05, 0.1) is 22.1 Å². The quantitative estimate of drug-likeness (QED) is 0.147. The summed E-state index contributed by atoms with van der Waals surface area (Å²) in [4.78, 5) is 15.9. The second kappa shape index (κ2) is 14.9. The third-order valence-electron chi connectivity index (χ3n) is 11.8. The lowest BCUT2D eigenvalue weighted by Gasteiger charge is -2.13. The second-order valence-corrected chi connectivity index (χ2v) is 15.5. The van der Waals surface area contributed by atoms with Crippen molar-refractivity contribution in [3.05, 3.63) is 200 Å². The molecule has 60 heavy (non-hydrogen) atoms. The Hall–Kier alpha value is -7.63. The number of fused-ring (bicyclic) bond motifs is 7. The van der Waals surface area contributed by atoms with E-state index in [9.17, 15) is 0 Å². The minimum absolute atomic E-state index is 0.567. The molecule has 0 atom stereocenters. The van der Waals surface area contributed by atoms with E-state index >= 15 is 0 Å². The van der Waals surface area contributed by atoms with Crippen LogP contribution in [0.3, 0.4) is 0 Å². The SMILES string of the molecule is CCCCc1ccc(-c2cccc(-c3cccc(-c4nc(-c5ccccc5)nc(-n5c6ccccc6c6ccc7c8ccccc8n(-c8ccccc8)c7c65)n4)c3)c2)cc1. The minimum atomic E-state index is 0.567. The van der Waals surface area contributed by atoms with Gasteiger partial charge in [0, 0.05) is 38.4 Å². The van der Waals surface area contributed by atoms with Gasteiger partial charge >= 0.3 is 0 Å². The molecule has 0 radical (unpaired) electrons. The first kappa shape index (κ1) is 35.5. The molecule has 286 valence electrons. The van der Waals surface area contributed by atoms with Crippen molar-refractivity contribution in [3.8, 4) is 56.7 Å². The second-order valence-electron chi connectivity index (χ2n) is 15.5. The standard InChI is InChI=1S/C55H41N5/c1-2-3-16-37-29-31-38(32-30-37)40-19-14-20-41(35-40)42-21-15-22-43(36-42)54-56-53(39-17-6-4-7-18-39)57-55(58-54)60-50-28-13-11-26-46(50)48-34-33-47-45-25-10-12-27-49(45)59(51(47)52(48)60)44-23-8-5-9-24-44/h4-15,17-36H,2-3,16H2,1H3. The number of nitrogens with zero attached hydrogens (tertiary/aromatic N) is 5. The third kappa shape index (κ3) is 6.14. The topological polar surface area (TPSA) is 48.5 Å². The van der Waals surface area contributed by atoms with Gasteiger partial charge < -0.3 is 4.57 Å². The van der Waals surface area contributed by atoms with Crippen LogP contribution >= 0.6 is 0 Å². The molecule has 0 saturated heterocycles. The fraction of sp³-hybridized carbons (Fsp3) is 0.0727. The molecule has 11 aromatic rings. The Morgan fingerprint density at radius 1 is 0.383 bits per heavy atom. The summed E-state index contributed by atoms with van der Waals surface area (Å²) in [6.07, 6.45) is 3.53. The van der Waals surface area contributed by atoms with E-state index in [2.05, 4.69) is 192 Å². The van der Waals surface area contributed by atoms with Gasteiger partial charge in [0.25, 0.3) is 0 Å². The molecule has 0 aliphatic heterocycles. The van der Waals surface area contributed by atoms with Crippen molar-refractivity contribution < 1.29 is 0 Å². The van der Waals surface area contributed by atoms with Crippen LogP contribution in [-0.2, 0) is 6.42 Å². The molecule has 3 heterocycles.